The first-order valence-electron chi connectivity index (χ1n) is 10.1. The highest BCUT2D eigenvalue weighted by molar-refractivity contribution is 7.98. The van der Waals surface area contributed by atoms with E-state index >= 15 is 0 Å². The van der Waals surface area contributed by atoms with Crippen molar-refractivity contribution in [1.82, 2.24) is 10.2 Å². The number of hydrogen-bond donors (Lipinski definition) is 2. The molecule has 0 saturated carbocycles. The molecule has 3 rings (SSSR count). The lowest BCUT2D eigenvalue weighted by Gasteiger charge is -2.30. The summed E-state index contributed by atoms with van der Waals surface area (Å²) in [6.45, 7) is 1.44. The molecule has 30 heavy (non-hydrogen) atoms. The smallest absolute Gasteiger partial charge is 0.313 e. The van der Waals surface area contributed by atoms with Crippen LogP contribution in [0.4, 0.5) is 11.4 Å². The van der Waals surface area contributed by atoms with Gasteiger partial charge in [0.25, 0.3) is 0 Å². The molecule has 6 nitrogen and oxygen atoms in total. The highest BCUT2D eigenvalue weighted by atomic mass is 32.2. The Kier molecular flexibility index (Phi) is 7.39. The van der Waals surface area contributed by atoms with Gasteiger partial charge in [-0.1, -0.05) is 18.2 Å². The largest absolute Gasteiger partial charge is 0.374 e. The topological polar surface area (TPSA) is 64.7 Å². The molecular formula is C23H30N4O2S. The van der Waals surface area contributed by atoms with Gasteiger partial charge in [0.1, 0.15) is 0 Å². The Hall–Kier alpha value is -2.51. The fourth-order valence-electron chi connectivity index (χ4n) is 3.77. The average Bonchev–Trinajstić information content (AvgIpc) is 2.73. The van der Waals surface area contributed by atoms with Gasteiger partial charge in [0.05, 0.1) is 6.04 Å². The molecule has 1 aliphatic rings. The van der Waals surface area contributed by atoms with E-state index in [0.29, 0.717) is 12.2 Å². The molecule has 2 aromatic carbocycles. The van der Waals surface area contributed by atoms with Crippen LogP contribution in [0.15, 0.2) is 47.4 Å². The van der Waals surface area contributed by atoms with Crippen LogP contribution < -0.4 is 15.5 Å². The summed E-state index contributed by atoms with van der Waals surface area (Å²) < 4.78 is 0. The van der Waals surface area contributed by atoms with Crippen LogP contribution in [0, 0.1) is 0 Å². The molecule has 0 fully saturated rings. The number of hydrogen-bond acceptors (Lipinski definition) is 5. The van der Waals surface area contributed by atoms with Gasteiger partial charge in [0.15, 0.2) is 0 Å². The number of fused-ring (bicyclic) bond motifs is 1. The van der Waals surface area contributed by atoms with Crippen molar-refractivity contribution in [1.29, 1.82) is 0 Å². The minimum atomic E-state index is -0.655. The highest BCUT2D eigenvalue weighted by Gasteiger charge is 2.21. The van der Waals surface area contributed by atoms with E-state index in [1.54, 1.807) is 17.8 Å². The summed E-state index contributed by atoms with van der Waals surface area (Å²) >= 11 is 1.58. The number of likely N-dealkylation sites (N-methyl/N-ethyl adjacent to an activating group) is 1. The summed E-state index contributed by atoms with van der Waals surface area (Å²) in [4.78, 5) is 30.1. The molecule has 0 bridgehead atoms. The maximum atomic E-state index is 12.4. The third-order valence-corrected chi connectivity index (χ3v) is 6.18. The summed E-state index contributed by atoms with van der Waals surface area (Å²) in [5, 5.41) is 5.46. The Bertz CT molecular complexity index is 916. The van der Waals surface area contributed by atoms with E-state index in [9.17, 15) is 9.59 Å². The number of rotatable bonds is 6. The lowest BCUT2D eigenvalue weighted by atomic mass is 9.96. The zero-order valence-corrected chi connectivity index (χ0v) is 18.9. The van der Waals surface area contributed by atoms with Crippen LogP contribution in [-0.4, -0.2) is 57.2 Å². The molecule has 7 heteroatoms. The number of nitrogens with zero attached hydrogens (tertiary/aromatic N) is 2. The van der Waals surface area contributed by atoms with E-state index in [0.717, 1.165) is 29.8 Å². The molecule has 0 radical (unpaired) electrons. The Labute approximate surface area is 183 Å². The van der Waals surface area contributed by atoms with Crippen LogP contribution in [0.25, 0.3) is 0 Å². The lowest BCUT2D eigenvalue weighted by molar-refractivity contribution is -0.136. The Morgan fingerprint density at radius 1 is 1.17 bits per heavy atom. The van der Waals surface area contributed by atoms with Gasteiger partial charge in [-0.15, -0.1) is 11.8 Å². The number of aryl methyl sites for hydroxylation is 1. The van der Waals surface area contributed by atoms with Gasteiger partial charge in [0, 0.05) is 36.4 Å². The lowest BCUT2D eigenvalue weighted by Crippen LogP contribution is -2.40. The van der Waals surface area contributed by atoms with Crippen molar-refractivity contribution in [3.63, 3.8) is 0 Å². The van der Waals surface area contributed by atoms with Gasteiger partial charge >= 0.3 is 11.8 Å². The fraction of sp³-hybridized carbons (Fsp3) is 0.391. The van der Waals surface area contributed by atoms with Gasteiger partial charge in [-0.3, -0.25) is 9.59 Å². The maximum Gasteiger partial charge on any atom is 0.313 e. The average molecular weight is 427 g/mol. The molecule has 0 spiro atoms. The maximum absolute atomic E-state index is 12.4. The second-order valence-electron chi connectivity index (χ2n) is 7.79. The third kappa shape index (κ3) is 5.34. The van der Waals surface area contributed by atoms with Gasteiger partial charge in [-0.25, -0.2) is 0 Å². The fourth-order valence-corrected chi connectivity index (χ4v) is 4.23. The van der Waals surface area contributed by atoms with Crippen LogP contribution in [0.2, 0.25) is 0 Å². The Morgan fingerprint density at radius 3 is 2.70 bits per heavy atom. The van der Waals surface area contributed by atoms with Gasteiger partial charge in [-0.2, -0.15) is 0 Å². The second kappa shape index (κ2) is 10.00. The quantitative estimate of drug-likeness (QED) is 0.549. The van der Waals surface area contributed by atoms with E-state index in [1.165, 1.54) is 11.3 Å². The summed E-state index contributed by atoms with van der Waals surface area (Å²) in [6.07, 6.45) is 4.18. The number of benzene rings is 2. The van der Waals surface area contributed by atoms with E-state index in [4.69, 9.17) is 0 Å². The van der Waals surface area contributed by atoms with Gasteiger partial charge < -0.3 is 20.4 Å². The van der Waals surface area contributed by atoms with Crippen LogP contribution in [0.1, 0.15) is 23.6 Å². The number of carbonyl (C=O) groups excluding carboxylic acids is 2. The van der Waals surface area contributed by atoms with E-state index in [-0.39, 0.29) is 6.04 Å². The Balaban J connectivity index is 1.64. The predicted octanol–water partition coefficient (Wildman–Crippen LogP) is 3.15. The molecule has 1 aliphatic heterocycles. The van der Waals surface area contributed by atoms with E-state index in [1.807, 2.05) is 38.6 Å². The minimum absolute atomic E-state index is 0.0147. The molecular weight excluding hydrogens is 396 g/mol. The van der Waals surface area contributed by atoms with E-state index < -0.39 is 11.8 Å². The van der Waals surface area contributed by atoms with Crippen molar-refractivity contribution in [3.05, 3.63) is 53.6 Å². The predicted molar refractivity (Wildman–Crippen MR) is 124 cm³/mol. The first-order valence-corrected chi connectivity index (χ1v) is 11.3. The minimum Gasteiger partial charge on any atom is -0.374 e. The van der Waals surface area contributed by atoms with Crippen LogP contribution >= 0.6 is 11.8 Å². The molecule has 160 valence electrons. The van der Waals surface area contributed by atoms with Crippen molar-refractivity contribution in [3.8, 4) is 0 Å². The Morgan fingerprint density at radius 2 is 1.97 bits per heavy atom. The van der Waals surface area contributed by atoms with Gasteiger partial charge in [0.2, 0.25) is 0 Å². The molecule has 0 saturated heterocycles. The zero-order valence-electron chi connectivity index (χ0n) is 18.1. The number of carbonyl (C=O) groups is 2. The van der Waals surface area contributed by atoms with Crippen LogP contribution in [-0.2, 0) is 16.0 Å². The van der Waals surface area contributed by atoms with E-state index in [2.05, 4.69) is 45.7 Å². The normalized spacial score (nSPS) is 14.2. The molecule has 1 atom stereocenters. The first kappa shape index (κ1) is 22.2. The summed E-state index contributed by atoms with van der Waals surface area (Å²) in [5.41, 5.74) is 4.37. The number of amides is 2. The number of nitrogens with one attached hydrogen (secondary N) is 2. The molecule has 2 amide bonds. The zero-order chi connectivity index (χ0) is 21.7. The molecule has 0 aromatic heterocycles. The second-order valence-corrected chi connectivity index (χ2v) is 8.67. The van der Waals surface area contributed by atoms with Gasteiger partial charge in [-0.05, 0) is 68.6 Å². The van der Waals surface area contributed by atoms with Crippen molar-refractivity contribution in [2.24, 2.45) is 0 Å². The van der Waals surface area contributed by atoms with Crippen LogP contribution in [0.3, 0.4) is 0 Å². The summed E-state index contributed by atoms with van der Waals surface area (Å²) in [5.74, 6) is -1.29. The third-order valence-electron chi connectivity index (χ3n) is 5.45. The van der Waals surface area contributed by atoms with Crippen molar-refractivity contribution in [2.45, 2.75) is 23.8 Å². The molecule has 2 N–H and O–H groups in total. The highest BCUT2D eigenvalue weighted by Crippen LogP contribution is 2.30. The summed E-state index contributed by atoms with van der Waals surface area (Å²) in [7, 11) is 6.08. The van der Waals surface area contributed by atoms with Crippen molar-refractivity contribution < 1.29 is 9.59 Å². The first-order chi connectivity index (χ1) is 14.4. The number of thioether (sulfide) groups is 1. The molecule has 2 aromatic rings. The number of anilines is 2. The molecule has 1 heterocycles. The summed E-state index contributed by atoms with van der Waals surface area (Å²) in [6, 6.07) is 13.9. The molecule has 0 aliphatic carbocycles. The SMILES string of the molecule is CSc1cccc(NC(=O)C(=O)NC[C@H](c2ccc3c(c2)CCCN3C)N(C)C)c1. The molecule has 0 unspecified atom stereocenters. The monoisotopic (exact) mass is 426 g/mol. The van der Waals surface area contributed by atoms with Crippen molar-refractivity contribution >= 4 is 35.0 Å². The standard InChI is InChI=1S/C23H30N4O2S/c1-26(2)21(17-10-11-20-16(13-17)7-6-12-27(20)3)15-24-22(28)23(29)25-18-8-5-9-19(14-18)30-4/h5,8-11,13-14,21H,6-7,12,15H2,1-4H3,(H,24,28)(H,25,29)/t21-/m1/s1. The van der Waals surface area contributed by atoms with Crippen LogP contribution in [0.5, 0.6) is 0 Å². The van der Waals surface area contributed by atoms with Crippen molar-refractivity contribution in [2.75, 3.05) is 50.7 Å².